The van der Waals surface area contributed by atoms with Crippen LogP contribution in [0, 0.1) is 0 Å². The zero-order chi connectivity index (χ0) is 31.6. The Kier molecular flexibility index (Phi) is 8.11. The minimum absolute atomic E-state index is 0.101. The lowest BCUT2D eigenvalue weighted by Crippen LogP contribution is -2.51. The number of ether oxygens (including phenoxy) is 4. The minimum atomic E-state index is -1.85. The van der Waals surface area contributed by atoms with Crippen LogP contribution in [0.1, 0.15) is 44.2 Å². The van der Waals surface area contributed by atoms with E-state index in [-0.39, 0.29) is 28.3 Å². The van der Waals surface area contributed by atoms with E-state index < -0.39 is 53.4 Å². The van der Waals surface area contributed by atoms with Gasteiger partial charge >= 0.3 is 22.8 Å². The Hall–Kier alpha value is -5.40. The summed E-state index contributed by atoms with van der Waals surface area (Å²) in [7, 11) is 0. The Labute approximate surface area is 260 Å². The summed E-state index contributed by atoms with van der Waals surface area (Å²) in [6.45, 7) is 1.07. The molecule has 0 radical (unpaired) electrons. The number of thiazole rings is 1. The van der Waals surface area contributed by atoms with Crippen molar-refractivity contribution in [3.63, 3.8) is 0 Å². The standard InChI is InChI=1S/C32H26N4O8S/c1-32(44-28(39)21-15-9-4-10-16-21)24(43-27(38)20-13-7-3-8-14-20)22(18-41-26(37)19-11-5-2-6-12-19)42-29(32)36-25-23(45-31(36)40)17-34-30(33)35-25/h2-17,22,24,29H,18H2,1H3,(H2,33,34,35)/t22-,24-,29-,32-/m1/s1. The van der Waals surface area contributed by atoms with Crippen LogP contribution in [0.2, 0.25) is 0 Å². The second-order valence-electron chi connectivity index (χ2n) is 10.3. The molecule has 2 N–H and O–H groups in total. The highest BCUT2D eigenvalue weighted by atomic mass is 32.1. The van der Waals surface area contributed by atoms with Crippen molar-refractivity contribution in [3.8, 4) is 0 Å². The Bertz CT molecular complexity index is 1920. The number of hydrogen-bond acceptors (Lipinski definition) is 12. The molecule has 0 unspecified atom stereocenters. The van der Waals surface area contributed by atoms with Crippen molar-refractivity contribution in [3.05, 3.63) is 124 Å². The lowest BCUT2D eigenvalue weighted by molar-refractivity contribution is -0.109. The number of aromatic nitrogens is 3. The molecule has 0 spiro atoms. The van der Waals surface area contributed by atoms with Gasteiger partial charge in [0.05, 0.1) is 27.6 Å². The van der Waals surface area contributed by atoms with Crippen LogP contribution >= 0.6 is 11.3 Å². The Morgan fingerprint density at radius 1 is 0.889 bits per heavy atom. The summed E-state index contributed by atoms with van der Waals surface area (Å²) in [5.41, 5.74) is 4.85. The molecule has 0 saturated carbocycles. The number of carbonyl (C=O) groups excluding carboxylic acids is 3. The number of nitrogens with two attached hydrogens (primary N) is 1. The molecule has 1 saturated heterocycles. The van der Waals surface area contributed by atoms with Crippen LogP contribution in [0.3, 0.4) is 0 Å². The van der Waals surface area contributed by atoms with Gasteiger partial charge in [-0.05, 0) is 43.3 Å². The van der Waals surface area contributed by atoms with Gasteiger partial charge in [0.25, 0.3) is 0 Å². The SMILES string of the molecule is C[C@@]1(OC(=O)c2ccccc2)[C@H](OC(=O)c2ccccc2)[C@@H](COC(=O)c2ccccc2)O[C@H]1n1c(=O)sc2cnc(N)nc21. The fraction of sp³-hybridized carbons (Fsp3) is 0.188. The predicted octanol–water partition coefficient (Wildman–Crippen LogP) is 4.03. The van der Waals surface area contributed by atoms with Crippen molar-refractivity contribution in [2.45, 2.75) is 31.0 Å². The number of anilines is 1. The van der Waals surface area contributed by atoms with Crippen LogP contribution < -0.4 is 10.6 Å². The van der Waals surface area contributed by atoms with E-state index in [1.165, 1.54) is 17.7 Å². The molecule has 0 aliphatic carbocycles. The number of nitrogens with zero attached hydrogens (tertiary/aromatic N) is 3. The van der Waals surface area contributed by atoms with Gasteiger partial charge in [0.15, 0.2) is 23.6 Å². The normalized spacial score (nSPS) is 20.9. The quantitative estimate of drug-likeness (QED) is 0.195. The highest BCUT2D eigenvalue weighted by Gasteiger charge is 2.61. The molecule has 5 aromatic rings. The average Bonchev–Trinajstić information content (AvgIpc) is 3.52. The fourth-order valence-corrected chi connectivity index (χ4v) is 5.90. The monoisotopic (exact) mass is 626 g/mol. The van der Waals surface area contributed by atoms with Gasteiger partial charge in [0, 0.05) is 0 Å². The highest BCUT2D eigenvalue weighted by Crippen LogP contribution is 2.44. The smallest absolute Gasteiger partial charge is 0.338 e. The van der Waals surface area contributed by atoms with Gasteiger partial charge in [-0.3, -0.25) is 9.36 Å². The van der Waals surface area contributed by atoms with E-state index in [0.29, 0.717) is 4.70 Å². The number of fused-ring (bicyclic) bond motifs is 1. The van der Waals surface area contributed by atoms with E-state index in [4.69, 9.17) is 24.7 Å². The van der Waals surface area contributed by atoms with Crippen molar-refractivity contribution in [2.24, 2.45) is 0 Å². The number of esters is 3. The molecule has 45 heavy (non-hydrogen) atoms. The van der Waals surface area contributed by atoms with Crippen molar-refractivity contribution in [1.29, 1.82) is 0 Å². The van der Waals surface area contributed by atoms with Gasteiger partial charge in [0.1, 0.15) is 12.7 Å². The molecule has 6 rings (SSSR count). The van der Waals surface area contributed by atoms with Crippen LogP contribution in [0.15, 0.2) is 102 Å². The number of rotatable bonds is 8. The van der Waals surface area contributed by atoms with Gasteiger partial charge in [-0.2, -0.15) is 4.98 Å². The molecule has 3 aromatic carbocycles. The first kappa shape index (κ1) is 29.7. The van der Waals surface area contributed by atoms with Crippen molar-refractivity contribution >= 4 is 45.5 Å². The molecular formula is C32H26N4O8S. The molecule has 4 atom stereocenters. The largest absolute Gasteiger partial charge is 0.459 e. The maximum Gasteiger partial charge on any atom is 0.338 e. The molecular weight excluding hydrogens is 600 g/mol. The molecule has 1 aliphatic heterocycles. The minimum Gasteiger partial charge on any atom is -0.459 e. The van der Waals surface area contributed by atoms with Crippen LogP contribution in [0.5, 0.6) is 0 Å². The van der Waals surface area contributed by atoms with E-state index in [2.05, 4.69) is 9.97 Å². The number of benzene rings is 3. The van der Waals surface area contributed by atoms with E-state index in [9.17, 15) is 19.2 Å². The average molecular weight is 627 g/mol. The molecule has 228 valence electrons. The maximum absolute atomic E-state index is 13.5. The topological polar surface area (TPSA) is 162 Å². The molecule has 3 heterocycles. The van der Waals surface area contributed by atoms with Crippen LogP contribution in [0.25, 0.3) is 10.3 Å². The Morgan fingerprint density at radius 2 is 1.44 bits per heavy atom. The zero-order valence-corrected chi connectivity index (χ0v) is 24.6. The lowest BCUT2D eigenvalue weighted by atomic mass is 9.95. The van der Waals surface area contributed by atoms with Crippen LogP contribution in [0.4, 0.5) is 5.95 Å². The van der Waals surface area contributed by atoms with Crippen LogP contribution in [-0.4, -0.2) is 56.9 Å². The van der Waals surface area contributed by atoms with Gasteiger partial charge < -0.3 is 24.7 Å². The zero-order valence-electron chi connectivity index (χ0n) is 23.8. The Balaban J connectivity index is 1.44. The summed E-state index contributed by atoms with van der Waals surface area (Å²) in [6, 6.07) is 24.7. The number of hydrogen-bond donors (Lipinski definition) is 1. The third-order valence-electron chi connectivity index (χ3n) is 7.26. The number of nitrogen functional groups attached to an aromatic ring is 1. The number of carbonyl (C=O) groups is 3. The molecule has 13 heteroatoms. The van der Waals surface area contributed by atoms with E-state index >= 15 is 0 Å². The van der Waals surface area contributed by atoms with Crippen molar-refractivity contribution in [1.82, 2.24) is 14.5 Å². The van der Waals surface area contributed by atoms with E-state index in [1.54, 1.807) is 91.0 Å². The summed E-state index contributed by atoms with van der Waals surface area (Å²) in [6.07, 6.45) is -2.55. The third kappa shape index (κ3) is 5.90. The summed E-state index contributed by atoms with van der Waals surface area (Å²) in [4.78, 5) is 61.0. The fourth-order valence-electron chi connectivity index (χ4n) is 5.09. The maximum atomic E-state index is 13.5. The first-order valence-electron chi connectivity index (χ1n) is 13.8. The molecule has 12 nitrogen and oxygen atoms in total. The summed E-state index contributed by atoms with van der Waals surface area (Å²) in [5.74, 6) is -2.27. The molecule has 1 fully saturated rings. The molecule has 0 bridgehead atoms. The second kappa shape index (κ2) is 12.3. The van der Waals surface area contributed by atoms with Gasteiger partial charge in [-0.1, -0.05) is 65.9 Å². The van der Waals surface area contributed by atoms with E-state index in [1.807, 2.05) is 0 Å². The first-order chi connectivity index (χ1) is 21.7. The second-order valence-corrected chi connectivity index (χ2v) is 11.3. The van der Waals surface area contributed by atoms with Gasteiger partial charge in [-0.15, -0.1) is 0 Å². The predicted molar refractivity (Wildman–Crippen MR) is 163 cm³/mol. The Morgan fingerprint density at radius 3 is 2.04 bits per heavy atom. The van der Waals surface area contributed by atoms with Gasteiger partial charge in [0.2, 0.25) is 5.95 Å². The van der Waals surface area contributed by atoms with Crippen LogP contribution in [-0.2, 0) is 18.9 Å². The summed E-state index contributed by atoms with van der Waals surface area (Å²) in [5, 5.41) is 0. The molecule has 2 aromatic heterocycles. The first-order valence-corrected chi connectivity index (χ1v) is 14.6. The summed E-state index contributed by atoms with van der Waals surface area (Å²) < 4.78 is 25.6. The van der Waals surface area contributed by atoms with Gasteiger partial charge in [-0.25, -0.2) is 19.4 Å². The molecule has 0 amide bonds. The third-order valence-corrected chi connectivity index (χ3v) is 8.14. The lowest BCUT2D eigenvalue weighted by Gasteiger charge is -2.34. The summed E-state index contributed by atoms with van der Waals surface area (Å²) >= 11 is 0.832. The molecule has 1 aliphatic rings. The highest BCUT2D eigenvalue weighted by molar-refractivity contribution is 7.16. The van der Waals surface area contributed by atoms with Crippen molar-refractivity contribution < 1.29 is 33.3 Å². The van der Waals surface area contributed by atoms with Crippen molar-refractivity contribution in [2.75, 3.05) is 12.3 Å². The van der Waals surface area contributed by atoms with E-state index in [0.717, 1.165) is 11.3 Å².